The Morgan fingerprint density at radius 1 is 1.13 bits per heavy atom. The van der Waals surface area contributed by atoms with Gasteiger partial charge in [-0.15, -0.1) is 5.10 Å². The molecule has 3 rings (SSSR count). The molecule has 0 bridgehead atoms. The van der Waals surface area contributed by atoms with E-state index in [9.17, 15) is 9.59 Å². The number of benzene rings is 2. The van der Waals surface area contributed by atoms with Crippen molar-refractivity contribution in [1.82, 2.24) is 15.0 Å². The van der Waals surface area contributed by atoms with Gasteiger partial charge in [-0.05, 0) is 18.2 Å². The monoisotopic (exact) mass is 306 g/mol. The second kappa shape index (κ2) is 6.23. The molecule has 1 aromatic heterocycles. The van der Waals surface area contributed by atoms with Crippen LogP contribution in [0.3, 0.4) is 0 Å². The van der Waals surface area contributed by atoms with Crippen LogP contribution in [0.5, 0.6) is 0 Å². The number of hydrogen-bond acceptors (Lipinski definition) is 4. The van der Waals surface area contributed by atoms with Gasteiger partial charge in [-0.1, -0.05) is 41.6 Å². The van der Waals surface area contributed by atoms with Gasteiger partial charge in [-0.25, -0.2) is 4.68 Å². The Morgan fingerprint density at radius 3 is 2.61 bits per heavy atom. The van der Waals surface area contributed by atoms with Crippen LogP contribution in [0.1, 0.15) is 17.4 Å². The first-order valence-electron chi connectivity index (χ1n) is 7.03. The molecular formula is C17H14N4O2. The Hall–Kier alpha value is -3.28. The molecule has 114 valence electrons. The van der Waals surface area contributed by atoms with Crippen molar-refractivity contribution in [2.24, 2.45) is 0 Å². The third kappa shape index (κ3) is 3.01. The van der Waals surface area contributed by atoms with Crippen LogP contribution >= 0.6 is 0 Å². The molecule has 0 saturated heterocycles. The number of carbonyl (C=O) groups is 2. The van der Waals surface area contributed by atoms with Crippen molar-refractivity contribution in [3.63, 3.8) is 0 Å². The molecule has 0 saturated carbocycles. The van der Waals surface area contributed by atoms with Gasteiger partial charge < -0.3 is 5.32 Å². The summed E-state index contributed by atoms with van der Waals surface area (Å²) < 4.78 is 1.59. The fraction of sp³-hybridized carbons (Fsp3) is 0.0588. The lowest BCUT2D eigenvalue weighted by Crippen LogP contribution is -2.07. The van der Waals surface area contributed by atoms with E-state index in [0.717, 1.165) is 5.56 Å². The quantitative estimate of drug-likeness (QED) is 0.752. The molecule has 2 aromatic carbocycles. The van der Waals surface area contributed by atoms with E-state index in [4.69, 9.17) is 0 Å². The minimum Gasteiger partial charge on any atom is -0.326 e. The summed E-state index contributed by atoms with van der Waals surface area (Å²) >= 11 is 0. The summed E-state index contributed by atoms with van der Waals surface area (Å²) in [5.41, 5.74) is 3.07. The minimum absolute atomic E-state index is 0.155. The maximum atomic E-state index is 11.3. The van der Waals surface area contributed by atoms with Gasteiger partial charge in [-0.2, -0.15) is 0 Å². The predicted octanol–water partition coefficient (Wildman–Crippen LogP) is 2.71. The summed E-state index contributed by atoms with van der Waals surface area (Å²) in [6, 6.07) is 16.6. The van der Waals surface area contributed by atoms with E-state index in [2.05, 4.69) is 15.6 Å². The van der Waals surface area contributed by atoms with Crippen molar-refractivity contribution >= 4 is 17.9 Å². The van der Waals surface area contributed by atoms with Gasteiger partial charge in [0.2, 0.25) is 5.91 Å². The van der Waals surface area contributed by atoms with Crippen molar-refractivity contribution in [3.05, 3.63) is 60.3 Å². The van der Waals surface area contributed by atoms with Gasteiger partial charge in [0.25, 0.3) is 0 Å². The third-order valence-electron chi connectivity index (χ3n) is 3.27. The van der Waals surface area contributed by atoms with Crippen LogP contribution in [-0.4, -0.2) is 27.2 Å². The summed E-state index contributed by atoms with van der Waals surface area (Å²) in [7, 11) is 0. The lowest BCUT2D eigenvalue weighted by atomic mass is 10.1. The Labute approximate surface area is 132 Å². The summed E-state index contributed by atoms with van der Waals surface area (Å²) in [6.45, 7) is 1.45. The van der Waals surface area contributed by atoms with Crippen molar-refractivity contribution in [1.29, 1.82) is 0 Å². The molecule has 0 fully saturated rings. The van der Waals surface area contributed by atoms with Gasteiger partial charge in [0.15, 0.2) is 12.0 Å². The standard InChI is InChI=1S/C17H14N4O2/c1-12(23)18-14-8-5-9-15(10-14)21-17(16(11-22)19-20-21)13-6-3-2-4-7-13/h2-11H,1H3,(H,18,23). The first kappa shape index (κ1) is 14.6. The molecule has 6 heteroatoms. The molecular weight excluding hydrogens is 292 g/mol. The Balaban J connectivity index is 2.12. The van der Waals surface area contributed by atoms with Crippen LogP contribution in [0.25, 0.3) is 16.9 Å². The molecule has 1 N–H and O–H groups in total. The number of carbonyl (C=O) groups excluding carboxylic acids is 2. The molecule has 0 spiro atoms. The summed E-state index contributed by atoms with van der Waals surface area (Å²) in [4.78, 5) is 22.5. The lowest BCUT2D eigenvalue weighted by Gasteiger charge is -2.09. The molecule has 3 aromatic rings. The minimum atomic E-state index is -0.155. The molecule has 0 aliphatic rings. The van der Waals surface area contributed by atoms with E-state index in [1.54, 1.807) is 22.9 Å². The molecule has 6 nitrogen and oxygen atoms in total. The maximum Gasteiger partial charge on any atom is 0.221 e. The zero-order valence-corrected chi connectivity index (χ0v) is 12.4. The van der Waals surface area contributed by atoms with E-state index in [-0.39, 0.29) is 11.6 Å². The number of amides is 1. The van der Waals surface area contributed by atoms with Crippen LogP contribution < -0.4 is 5.32 Å². The Bertz CT molecular complexity index is 856. The van der Waals surface area contributed by atoms with E-state index < -0.39 is 0 Å². The maximum absolute atomic E-state index is 11.3. The van der Waals surface area contributed by atoms with Crippen LogP contribution in [0.15, 0.2) is 54.6 Å². The Kier molecular flexibility index (Phi) is 3.97. The highest BCUT2D eigenvalue weighted by Crippen LogP contribution is 2.25. The molecule has 0 aliphatic heterocycles. The zero-order valence-electron chi connectivity index (χ0n) is 12.4. The number of aromatic nitrogens is 3. The Morgan fingerprint density at radius 2 is 1.91 bits per heavy atom. The number of anilines is 1. The average molecular weight is 306 g/mol. The summed E-state index contributed by atoms with van der Waals surface area (Å²) in [6.07, 6.45) is 0.684. The van der Waals surface area contributed by atoms with Crippen LogP contribution in [0.4, 0.5) is 5.69 Å². The first-order chi connectivity index (χ1) is 11.2. The highest BCUT2D eigenvalue weighted by atomic mass is 16.1. The van der Waals surface area contributed by atoms with Gasteiger partial charge in [-0.3, -0.25) is 9.59 Å². The van der Waals surface area contributed by atoms with E-state index in [1.165, 1.54) is 6.92 Å². The predicted molar refractivity (Wildman–Crippen MR) is 86.5 cm³/mol. The lowest BCUT2D eigenvalue weighted by molar-refractivity contribution is -0.114. The van der Waals surface area contributed by atoms with Crippen molar-refractivity contribution in [3.8, 4) is 16.9 Å². The van der Waals surface area contributed by atoms with Gasteiger partial charge in [0.1, 0.15) is 5.69 Å². The second-order valence-corrected chi connectivity index (χ2v) is 4.95. The van der Waals surface area contributed by atoms with Gasteiger partial charge >= 0.3 is 0 Å². The normalized spacial score (nSPS) is 10.3. The number of nitrogens with zero attached hydrogens (tertiary/aromatic N) is 3. The van der Waals surface area contributed by atoms with Crippen molar-refractivity contribution < 1.29 is 9.59 Å². The highest BCUT2D eigenvalue weighted by molar-refractivity contribution is 5.89. The fourth-order valence-electron chi connectivity index (χ4n) is 2.34. The smallest absolute Gasteiger partial charge is 0.221 e. The molecule has 1 heterocycles. The number of aldehydes is 1. The van der Waals surface area contributed by atoms with Crippen molar-refractivity contribution in [2.75, 3.05) is 5.32 Å². The molecule has 1 amide bonds. The number of nitrogens with one attached hydrogen (secondary N) is 1. The largest absolute Gasteiger partial charge is 0.326 e. The zero-order chi connectivity index (χ0) is 16.2. The van der Waals surface area contributed by atoms with E-state index >= 15 is 0 Å². The molecule has 0 unspecified atom stereocenters. The number of hydrogen-bond donors (Lipinski definition) is 1. The molecule has 23 heavy (non-hydrogen) atoms. The summed E-state index contributed by atoms with van der Waals surface area (Å²) in [5, 5.41) is 10.7. The molecule has 0 atom stereocenters. The molecule has 0 radical (unpaired) electrons. The van der Waals surface area contributed by atoms with Crippen molar-refractivity contribution in [2.45, 2.75) is 6.92 Å². The first-order valence-corrected chi connectivity index (χ1v) is 7.03. The summed E-state index contributed by atoms with van der Waals surface area (Å²) in [5.74, 6) is -0.155. The highest BCUT2D eigenvalue weighted by Gasteiger charge is 2.15. The second-order valence-electron chi connectivity index (χ2n) is 4.95. The van der Waals surface area contributed by atoms with E-state index in [0.29, 0.717) is 23.4 Å². The van der Waals surface area contributed by atoms with Crippen LogP contribution in [0, 0.1) is 0 Å². The third-order valence-corrected chi connectivity index (χ3v) is 3.27. The molecule has 0 aliphatic carbocycles. The van der Waals surface area contributed by atoms with Crippen LogP contribution in [-0.2, 0) is 4.79 Å². The van der Waals surface area contributed by atoms with Crippen LogP contribution in [0.2, 0.25) is 0 Å². The fourth-order valence-corrected chi connectivity index (χ4v) is 2.34. The van der Waals surface area contributed by atoms with Gasteiger partial charge in [0.05, 0.1) is 5.69 Å². The number of rotatable bonds is 4. The van der Waals surface area contributed by atoms with Gasteiger partial charge in [0, 0.05) is 18.2 Å². The topological polar surface area (TPSA) is 76.9 Å². The average Bonchev–Trinajstić information content (AvgIpc) is 2.99. The SMILES string of the molecule is CC(=O)Nc1cccc(-n2nnc(C=O)c2-c2ccccc2)c1. The van der Waals surface area contributed by atoms with E-state index in [1.807, 2.05) is 36.4 Å².